The van der Waals surface area contributed by atoms with E-state index in [-0.39, 0.29) is 11.4 Å². The Hall–Kier alpha value is -1.76. The van der Waals surface area contributed by atoms with Gasteiger partial charge in [-0.1, -0.05) is 0 Å². The molecular formula is C6H3N3O. The Morgan fingerprint density at radius 3 is 2.70 bits per heavy atom. The van der Waals surface area contributed by atoms with E-state index < -0.39 is 0 Å². The van der Waals surface area contributed by atoms with Gasteiger partial charge in [0.2, 0.25) is 0 Å². The lowest BCUT2D eigenvalue weighted by atomic mass is 10.3. The highest BCUT2D eigenvalue weighted by Gasteiger charge is 1.99. The first-order chi connectivity index (χ1) is 4.88. The van der Waals surface area contributed by atoms with Crippen LogP contribution in [0.1, 0.15) is 16.2 Å². The van der Waals surface area contributed by atoms with Crippen molar-refractivity contribution in [2.75, 3.05) is 0 Å². The fourth-order valence-corrected chi connectivity index (χ4v) is 0.521. The van der Waals surface area contributed by atoms with Crippen LogP contribution in [-0.2, 0) is 0 Å². The van der Waals surface area contributed by atoms with Crippen LogP contribution in [-0.4, -0.2) is 16.3 Å². The summed E-state index contributed by atoms with van der Waals surface area (Å²) in [5.41, 5.74) is 0.155. The van der Waals surface area contributed by atoms with E-state index in [9.17, 15) is 4.79 Å². The zero-order valence-corrected chi connectivity index (χ0v) is 4.98. The fraction of sp³-hybridized carbons (Fsp3) is 0. The van der Waals surface area contributed by atoms with Gasteiger partial charge in [-0.05, 0) is 0 Å². The Morgan fingerprint density at radius 1 is 1.50 bits per heavy atom. The van der Waals surface area contributed by atoms with Crippen molar-refractivity contribution < 1.29 is 4.79 Å². The summed E-state index contributed by atoms with van der Waals surface area (Å²) < 4.78 is 0. The van der Waals surface area contributed by atoms with Gasteiger partial charge in [0.05, 0.1) is 0 Å². The van der Waals surface area contributed by atoms with Crippen LogP contribution in [0.4, 0.5) is 0 Å². The smallest absolute Gasteiger partial charge is 0.171 e. The molecule has 1 aromatic rings. The second-order valence-corrected chi connectivity index (χ2v) is 1.52. The van der Waals surface area contributed by atoms with Crippen molar-refractivity contribution in [3.8, 4) is 6.07 Å². The van der Waals surface area contributed by atoms with Crippen molar-refractivity contribution in [2.24, 2.45) is 0 Å². The first-order valence-corrected chi connectivity index (χ1v) is 2.54. The molecule has 0 radical (unpaired) electrons. The lowest BCUT2D eigenvalue weighted by molar-refractivity contribution is 0.111. The molecule has 0 aliphatic heterocycles. The maximum Gasteiger partial charge on any atom is 0.171 e. The molecule has 0 spiro atoms. The molecule has 0 saturated heterocycles. The van der Waals surface area contributed by atoms with Crippen LogP contribution in [0.3, 0.4) is 0 Å². The third-order valence-corrected chi connectivity index (χ3v) is 0.944. The van der Waals surface area contributed by atoms with Crippen LogP contribution in [0, 0.1) is 11.3 Å². The second kappa shape index (κ2) is 2.69. The molecule has 0 atom stereocenters. The molecule has 1 aromatic heterocycles. The van der Waals surface area contributed by atoms with Crippen molar-refractivity contribution in [3.63, 3.8) is 0 Å². The first-order valence-electron chi connectivity index (χ1n) is 2.54. The van der Waals surface area contributed by atoms with E-state index in [0.717, 1.165) is 0 Å². The molecule has 4 nitrogen and oxygen atoms in total. The first kappa shape index (κ1) is 6.36. The molecule has 4 heteroatoms. The van der Waals surface area contributed by atoms with E-state index >= 15 is 0 Å². The SMILES string of the molecule is N#Cc1nccnc1C=O. The summed E-state index contributed by atoms with van der Waals surface area (Å²) in [6.45, 7) is 0. The Kier molecular flexibility index (Phi) is 1.71. The molecule has 1 rings (SSSR count). The van der Waals surface area contributed by atoms with Crippen molar-refractivity contribution in [2.45, 2.75) is 0 Å². The number of rotatable bonds is 1. The van der Waals surface area contributed by atoms with E-state index in [0.29, 0.717) is 6.29 Å². The topological polar surface area (TPSA) is 66.6 Å². The Morgan fingerprint density at radius 2 is 2.20 bits per heavy atom. The van der Waals surface area contributed by atoms with Gasteiger partial charge in [-0.15, -0.1) is 0 Å². The molecule has 0 saturated carbocycles. The van der Waals surface area contributed by atoms with Gasteiger partial charge in [-0.2, -0.15) is 5.26 Å². The summed E-state index contributed by atoms with van der Waals surface area (Å²) in [6.07, 6.45) is 3.24. The van der Waals surface area contributed by atoms with E-state index in [1.807, 2.05) is 0 Å². The number of carbonyl (C=O) groups is 1. The summed E-state index contributed by atoms with van der Waals surface area (Å²) in [7, 11) is 0. The van der Waals surface area contributed by atoms with Gasteiger partial charge in [0, 0.05) is 12.4 Å². The predicted octanol–water partition coefficient (Wildman–Crippen LogP) is 0.161. The number of carbonyl (C=O) groups excluding carboxylic acids is 1. The van der Waals surface area contributed by atoms with E-state index in [1.54, 1.807) is 6.07 Å². The van der Waals surface area contributed by atoms with Gasteiger partial charge in [-0.3, -0.25) is 4.79 Å². The maximum atomic E-state index is 10.1. The molecule has 1 heterocycles. The monoisotopic (exact) mass is 133 g/mol. The molecule has 48 valence electrons. The number of aromatic nitrogens is 2. The average molecular weight is 133 g/mol. The third-order valence-electron chi connectivity index (χ3n) is 0.944. The van der Waals surface area contributed by atoms with Gasteiger partial charge >= 0.3 is 0 Å². The van der Waals surface area contributed by atoms with Gasteiger partial charge < -0.3 is 0 Å². The Bertz CT molecular complexity index is 289. The lowest BCUT2D eigenvalue weighted by Crippen LogP contribution is -1.93. The van der Waals surface area contributed by atoms with Crippen LogP contribution in [0.5, 0.6) is 0 Å². The normalized spacial score (nSPS) is 8.30. The average Bonchev–Trinajstić information content (AvgIpc) is 2.04. The standard InChI is InChI=1S/C6H3N3O/c7-3-5-6(4-10)9-2-1-8-5/h1-2,4H. The molecule has 10 heavy (non-hydrogen) atoms. The largest absolute Gasteiger partial charge is 0.296 e. The minimum Gasteiger partial charge on any atom is -0.296 e. The van der Waals surface area contributed by atoms with E-state index in [4.69, 9.17) is 5.26 Å². The molecule has 0 aliphatic carbocycles. The maximum absolute atomic E-state index is 10.1. The molecule has 0 fully saturated rings. The van der Waals surface area contributed by atoms with Gasteiger partial charge in [0.15, 0.2) is 12.0 Å². The summed E-state index contributed by atoms with van der Waals surface area (Å²) in [5.74, 6) is 0. The molecule has 0 N–H and O–H groups in total. The van der Waals surface area contributed by atoms with E-state index in [2.05, 4.69) is 9.97 Å². The number of aldehydes is 1. The van der Waals surface area contributed by atoms with Crippen LogP contribution in [0.2, 0.25) is 0 Å². The number of hydrogen-bond donors (Lipinski definition) is 0. The highest BCUT2D eigenvalue weighted by molar-refractivity contribution is 5.74. The minimum absolute atomic E-state index is 0.0671. The van der Waals surface area contributed by atoms with Gasteiger partial charge in [0.25, 0.3) is 0 Å². The molecule has 0 bridgehead atoms. The molecular weight excluding hydrogens is 130 g/mol. The molecule has 0 unspecified atom stereocenters. The van der Waals surface area contributed by atoms with Crippen molar-refractivity contribution in [1.29, 1.82) is 5.26 Å². The highest BCUT2D eigenvalue weighted by atomic mass is 16.1. The summed E-state index contributed by atoms with van der Waals surface area (Å²) in [5, 5.41) is 8.34. The van der Waals surface area contributed by atoms with E-state index in [1.165, 1.54) is 12.4 Å². The van der Waals surface area contributed by atoms with Crippen LogP contribution >= 0.6 is 0 Å². The number of nitriles is 1. The molecule has 0 amide bonds. The van der Waals surface area contributed by atoms with Crippen molar-refractivity contribution >= 4 is 6.29 Å². The molecule has 0 aromatic carbocycles. The predicted molar refractivity (Wildman–Crippen MR) is 32.1 cm³/mol. The summed E-state index contributed by atoms with van der Waals surface area (Å²) in [4.78, 5) is 17.4. The minimum atomic E-state index is 0.0671. The lowest BCUT2D eigenvalue weighted by Gasteiger charge is -1.88. The van der Waals surface area contributed by atoms with Crippen molar-refractivity contribution in [1.82, 2.24) is 9.97 Å². The second-order valence-electron chi connectivity index (χ2n) is 1.52. The molecule has 0 aliphatic rings. The Balaban J connectivity index is 3.24. The highest BCUT2D eigenvalue weighted by Crippen LogP contribution is 1.93. The van der Waals surface area contributed by atoms with Crippen LogP contribution < -0.4 is 0 Å². The number of hydrogen-bond acceptors (Lipinski definition) is 4. The van der Waals surface area contributed by atoms with Gasteiger partial charge in [-0.25, -0.2) is 9.97 Å². The summed E-state index contributed by atoms with van der Waals surface area (Å²) >= 11 is 0. The fourth-order valence-electron chi connectivity index (χ4n) is 0.521. The number of nitrogens with zero attached hydrogens (tertiary/aromatic N) is 3. The van der Waals surface area contributed by atoms with Gasteiger partial charge in [0.1, 0.15) is 11.8 Å². The third kappa shape index (κ3) is 0.977. The Labute approximate surface area is 57.2 Å². The zero-order valence-electron chi connectivity index (χ0n) is 4.98. The van der Waals surface area contributed by atoms with Crippen LogP contribution in [0.25, 0.3) is 0 Å². The quantitative estimate of drug-likeness (QED) is 0.512. The zero-order chi connectivity index (χ0) is 7.40. The summed E-state index contributed by atoms with van der Waals surface area (Å²) in [6, 6.07) is 1.74. The van der Waals surface area contributed by atoms with Crippen LogP contribution in [0.15, 0.2) is 12.4 Å². The van der Waals surface area contributed by atoms with Crippen molar-refractivity contribution in [3.05, 3.63) is 23.8 Å².